The summed E-state index contributed by atoms with van der Waals surface area (Å²) >= 11 is 3.26. The molecule has 1 atom stereocenters. The molecule has 0 bridgehead atoms. The third-order valence-corrected chi connectivity index (χ3v) is 5.26. The molecule has 1 aromatic rings. The van der Waals surface area contributed by atoms with Crippen LogP contribution in [0.15, 0.2) is 16.7 Å². The molecule has 2 rings (SSSR count). The first kappa shape index (κ1) is 14.3. The Morgan fingerprint density at radius 2 is 2.32 bits per heavy atom. The standard InChI is InChI=1S/C11H13BrN2O4S/c1-18-9-4-10(13-5-8(9)12)14-11(15)7-2-3-19(16,17)6-7/h4-5,7H,2-3,6H2,1H3,(H,13,14,15). The van der Waals surface area contributed by atoms with Gasteiger partial charge in [0.2, 0.25) is 5.91 Å². The van der Waals surface area contributed by atoms with E-state index in [0.717, 1.165) is 0 Å². The van der Waals surface area contributed by atoms with E-state index in [9.17, 15) is 13.2 Å². The highest BCUT2D eigenvalue weighted by atomic mass is 79.9. The first-order valence-electron chi connectivity index (χ1n) is 5.62. The van der Waals surface area contributed by atoms with Crippen LogP contribution >= 0.6 is 15.9 Å². The molecule has 1 unspecified atom stereocenters. The Kier molecular flexibility index (Phi) is 4.10. The summed E-state index contributed by atoms with van der Waals surface area (Å²) in [5.74, 6) is 0.0485. The van der Waals surface area contributed by atoms with E-state index < -0.39 is 15.8 Å². The summed E-state index contributed by atoms with van der Waals surface area (Å²) in [5.41, 5.74) is 0. The van der Waals surface area contributed by atoms with Gasteiger partial charge in [-0.3, -0.25) is 4.79 Å². The first-order chi connectivity index (χ1) is 8.91. The Balaban J connectivity index is 2.07. The summed E-state index contributed by atoms with van der Waals surface area (Å²) in [7, 11) is -1.56. The molecule has 1 aliphatic rings. The predicted octanol–water partition coefficient (Wildman–Crippen LogP) is 1.23. The van der Waals surface area contributed by atoms with E-state index in [0.29, 0.717) is 22.5 Å². The Labute approximate surface area is 119 Å². The molecule has 19 heavy (non-hydrogen) atoms. The van der Waals surface area contributed by atoms with Crippen LogP contribution in [0.25, 0.3) is 0 Å². The molecule has 1 aromatic heterocycles. The summed E-state index contributed by atoms with van der Waals surface area (Å²) in [5, 5.41) is 2.61. The minimum absolute atomic E-state index is 0.0716. The molecule has 6 nitrogen and oxygen atoms in total. The van der Waals surface area contributed by atoms with Crippen LogP contribution in [-0.4, -0.2) is 37.9 Å². The normalized spacial score (nSPS) is 21.1. The number of aromatic nitrogens is 1. The molecule has 0 aliphatic carbocycles. The van der Waals surface area contributed by atoms with Crippen molar-refractivity contribution in [1.82, 2.24) is 4.98 Å². The van der Waals surface area contributed by atoms with E-state index in [1.165, 1.54) is 13.3 Å². The molecular weight excluding hydrogens is 336 g/mol. The van der Waals surface area contributed by atoms with E-state index in [1.54, 1.807) is 6.07 Å². The Bertz CT molecular complexity index is 603. The Hall–Kier alpha value is -1.15. The fourth-order valence-electron chi connectivity index (χ4n) is 1.88. The molecule has 1 aliphatic heterocycles. The number of hydrogen-bond donors (Lipinski definition) is 1. The van der Waals surface area contributed by atoms with Crippen molar-refractivity contribution in [3.05, 3.63) is 16.7 Å². The number of pyridine rings is 1. The zero-order valence-corrected chi connectivity index (χ0v) is 12.6. The number of halogens is 1. The maximum atomic E-state index is 11.9. The highest BCUT2D eigenvalue weighted by Crippen LogP contribution is 2.26. The zero-order chi connectivity index (χ0) is 14.0. The second-order valence-electron chi connectivity index (χ2n) is 4.29. The van der Waals surface area contributed by atoms with Crippen molar-refractivity contribution in [2.24, 2.45) is 5.92 Å². The number of ether oxygens (including phenoxy) is 1. The van der Waals surface area contributed by atoms with Crippen LogP contribution in [0.5, 0.6) is 5.75 Å². The number of nitrogens with zero attached hydrogens (tertiary/aromatic N) is 1. The van der Waals surface area contributed by atoms with Crippen molar-refractivity contribution in [2.45, 2.75) is 6.42 Å². The largest absolute Gasteiger partial charge is 0.495 e. The van der Waals surface area contributed by atoms with E-state index in [4.69, 9.17) is 4.74 Å². The van der Waals surface area contributed by atoms with Crippen molar-refractivity contribution in [3.8, 4) is 5.75 Å². The number of carbonyl (C=O) groups is 1. The van der Waals surface area contributed by atoms with Gasteiger partial charge in [-0.15, -0.1) is 0 Å². The summed E-state index contributed by atoms with van der Waals surface area (Å²) in [4.78, 5) is 15.9. The van der Waals surface area contributed by atoms with Gasteiger partial charge in [0.1, 0.15) is 11.6 Å². The average molecular weight is 349 g/mol. The fourth-order valence-corrected chi connectivity index (χ4v) is 4.00. The van der Waals surface area contributed by atoms with Crippen LogP contribution in [0.4, 0.5) is 5.82 Å². The van der Waals surface area contributed by atoms with E-state index in [2.05, 4.69) is 26.2 Å². The van der Waals surface area contributed by atoms with Crippen LogP contribution in [0.3, 0.4) is 0 Å². The molecule has 8 heteroatoms. The molecule has 1 amide bonds. The lowest BCUT2D eigenvalue weighted by Gasteiger charge is -2.10. The van der Waals surface area contributed by atoms with Crippen molar-refractivity contribution in [1.29, 1.82) is 0 Å². The number of sulfone groups is 1. The summed E-state index contributed by atoms with van der Waals surface area (Å²) in [6.07, 6.45) is 1.88. The number of carbonyl (C=O) groups excluding carboxylic acids is 1. The lowest BCUT2D eigenvalue weighted by atomic mass is 10.1. The first-order valence-corrected chi connectivity index (χ1v) is 8.23. The molecule has 1 fully saturated rings. The van der Waals surface area contributed by atoms with Crippen LogP contribution in [0.2, 0.25) is 0 Å². The number of methoxy groups -OCH3 is 1. The molecule has 104 valence electrons. The molecule has 0 aromatic carbocycles. The summed E-state index contributed by atoms with van der Waals surface area (Å²) in [6.45, 7) is 0. The maximum absolute atomic E-state index is 11.9. The van der Waals surface area contributed by atoms with Gasteiger partial charge in [-0.1, -0.05) is 0 Å². The summed E-state index contributed by atoms with van der Waals surface area (Å²) < 4.78 is 28.4. The van der Waals surface area contributed by atoms with Crippen molar-refractivity contribution in [3.63, 3.8) is 0 Å². The average Bonchev–Trinajstić information content (AvgIpc) is 2.72. The van der Waals surface area contributed by atoms with Gasteiger partial charge in [0, 0.05) is 12.3 Å². The smallest absolute Gasteiger partial charge is 0.229 e. The monoisotopic (exact) mass is 348 g/mol. The van der Waals surface area contributed by atoms with Gasteiger partial charge >= 0.3 is 0 Å². The van der Waals surface area contributed by atoms with Gasteiger partial charge in [0.25, 0.3) is 0 Å². The van der Waals surface area contributed by atoms with Crippen molar-refractivity contribution in [2.75, 3.05) is 23.9 Å². The number of nitrogens with one attached hydrogen (secondary N) is 1. The number of hydrogen-bond acceptors (Lipinski definition) is 5. The quantitative estimate of drug-likeness (QED) is 0.887. The van der Waals surface area contributed by atoms with Crippen molar-refractivity contribution < 1.29 is 17.9 Å². The van der Waals surface area contributed by atoms with Crippen LogP contribution < -0.4 is 10.1 Å². The van der Waals surface area contributed by atoms with Crippen LogP contribution in [0, 0.1) is 5.92 Å². The minimum atomic E-state index is -3.07. The summed E-state index contributed by atoms with van der Waals surface area (Å²) in [6, 6.07) is 1.57. The third kappa shape index (κ3) is 3.44. The van der Waals surface area contributed by atoms with Crippen LogP contribution in [-0.2, 0) is 14.6 Å². The van der Waals surface area contributed by atoms with Gasteiger partial charge in [0.15, 0.2) is 9.84 Å². The lowest BCUT2D eigenvalue weighted by molar-refractivity contribution is -0.119. The third-order valence-electron chi connectivity index (χ3n) is 2.89. The number of amides is 1. The molecule has 0 spiro atoms. The second-order valence-corrected chi connectivity index (χ2v) is 7.38. The second kappa shape index (κ2) is 5.46. The van der Waals surface area contributed by atoms with Crippen molar-refractivity contribution >= 4 is 37.5 Å². The van der Waals surface area contributed by atoms with Gasteiger partial charge in [-0.05, 0) is 22.4 Å². The number of anilines is 1. The topological polar surface area (TPSA) is 85.4 Å². The molecule has 1 N–H and O–H groups in total. The Morgan fingerprint density at radius 1 is 1.58 bits per heavy atom. The fraction of sp³-hybridized carbons (Fsp3) is 0.455. The highest BCUT2D eigenvalue weighted by Gasteiger charge is 2.33. The zero-order valence-electron chi connectivity index (χ0n) is 10.2. The van der Waals surface area contributed by atoms with Gasteiger partial charge < -0.3 is 10.1 Å². The molecule has 2 heterocycles. The van der Waals surface area contributed by atoms with Gasteiger partial charge in [0.05, 0.1) is 29.0 Å². The van der Waals surface area contributed by atoms with E-state index >= 15 is 0 Å². The molecule has 0 saturated carbocycles. The van der Waals surface area contributed by atoms with Gasteiger partial charge in [-0.2, -0.15) is 0 Å². The molecule has 1 saturated heterocycles. The highest BCUT2D eigenvalue weighted by molar-refractivity contribution is 9.10. The van der Waals surface area contributed by atoms with E-state index in [1.807, 2.05) is 0 Å². The van der Waals surface area contributed by atoms with E-state index in [-0.39, 0.29) is 17.4 Å². The maximum Gasteiger partial charge on any atom is 0.229 e. The number of rotatable bonds is 3. The SMILES string of the molecule is COc1cc(NC(=O)C2CCS(=O)(=O)C2)ncc1Br. The minimum Gasteiger partial charge on any atom is -0.495 e. The Morgan fingerprint density at radius 3 is 2.89 bits per heavy atom. The lowest BCUT2D eigenvalue weighted by Crippen LogP contribution is -2.24. The van der Waals surface area contributed by atoms with Gasteiger partial charge in [-0.25, -0.2) is 13.4 Å². The molecular formula is C11H13BrN2O4S. The molecule has 0 radical (unpaired) electrons. The van der Waals surface area contributed by atoms with Crippen LogP contribution in [0.1, 0.15) is 6.42 Å². The predicted molar refractivity (Wildman–Crippen MR) is 73.9 cm³/mol.